The minimum atomic E-state index is -4.06. The summed E-state index contributed by atoms with van der Waals surface area (Å²) >= 11 is 0. The smallest absolute Gasteiger partial charge is 0.265 e. The highest BCUT2D eigenvalue weighted by atomic mass is 32.2. The van der Waals surface area contributed by atoms with Crippen molar-refractivity contribution in [2.45, 2.75) is 11.8 Å². The van der Waals surface area contributed by atoms with E-state index in [1.54, 1.807) is 6.07 Å². The molecule has 0 spiro atoms. The summed E-state index contributed by atoms with van der Waals surface area (Å²) in [5, 5.41) is 2.54. The van der Waals surface area contributed by atoms with Gasteiger partial charge in [0.25, 0.3) is 10.0 Å². The maximum atomic E-state index is 13.0. The van der Waals surface area contributed by atoms with Crippen LogP contribution in [0, 0.1) is 0 Å². The van der Waals surface area contributed by atoms with Gasteiger partial charge in [0.1, 0.15) is 10.6 Å². The lowest BCUT2D eigenvalue weighted by Gasteiger charge is -2.16. The molecule has 1 amide bonds. The van der Waals surface area contributed by atoms with E-state index in [-0.39, 0.29) is 22.2 Å². The molecule has 0 atom stereocenters. The van der Waals surface area contributed by atoms with Crippen LogP contribution in [0.4, 0.5) is 11.4 Å². The average molecular weight is 410 g/mol. The second kappa shape index (κ2) is 8.70. The molecule has 0 bridgehead atoms. The predicted molar refractivity (Wildman–Crippen MR) is 104 cm³/mol. The largest absolute Gasteiger partial charge is 0.495 e. The molecule has 9 nitrogen and oxygen atoms in total. The van der Waals surface area contributed by atoms with Crippen molar-refractivity contribution in [1.82, 2.24) is 0 Å². The van der Waals surface area contributed by atoms with Crippen molar-refractivity contribution in [3.63, 3.8) is 0 Å². The Bertz CT molecular complexity index is 949. The summed E-state index contributed by atoms with van der Waals surface area (Å²) in [4.78, 5) is 11.1. The normalized spacial score (nSPS) is 10.8. The quantitative estimate of drug-likeness (QED) is 0.687. The highest BCUT2D eigenvalue weighted by Crippen LogP contribution is 2.40. The molecule has 28 heavy (non-hydrogen) atoms. The first-order valence-electron chi connectivity index (χ1n) is 8.04. The van der Waals surface area contributed by atoms with Crippen LogP contribution in [-0.2, 0) is 14.8 Å². The van der Waals surface area contributed by atoms with Gasteiger partial charge in [-0.1, -0.05) is 0 Å². The first-order valence-corrected chi connectivity index (χ1v) is 9.52. The summed E-state index contributed by atoms with van der Waals surface area (Å²) in [5.41, 5.74) is 0.514. The number of nitrogens with one attached hydrogen (secondary N) is 2. The third-order valence-corrected chi connectivity index (χ3v) is 5.09. The maximum Gasteiger partial charge on any atom is 0.265 e. The molecule has 0 saturated carbocycles. The lowest BCUT2D eigenvalue weighted by Crippen LogP contribution is -2.15. The molecule has 0 aliphatic carbocycles. The standard InChI is InChI=1S/C18H22N2O7S/c1-11(21)19-12-6-7-14(24-2)17(10-12)28(22,23)20-13-8-15(25-3)18(27-5)16(9-13)26-4/h6-10,20H,1-5H3,(H,19,21). The van der Waals surface area contributed by atoms with Gasteiger partial charge in [0.15, 0.2) is 11.5 Å². The summed E-state index contributed by atoms with van der Waals surface area (Å²) in [7, 11) is 1.59. The Balaban J connectivity index is 2.50. The van der Waals surface area contributed by atoms with Gasteiger partial charge in [-0.15, -0.1) is 0 Å². The second-order valence-electron chi connectivity index (χ2n) is 5.57. The zero-order valence-electron chi connectivity index (χ0n) is 16.2. The number of ether oxygens (including phenoxy) is 4. The zero-order valence-corrected chi connectivity index (χ0v) is 17.0. The number of methoxy groups -OCH3 is 4. The minimum Gasteiger partial charge on any atom is -0.495 e. The molecule has 0 radical (unpaired) electrons. The fourth-order valence-corrected chi connectivity index (χ4v) is 3.75. The van der Waals surface area contributed by atoms with Gasteiger partial charge < -0.3 is 24.3 Å². The van der Waals surface area contributed by atoms with Gasteiger partial charge in [0.05, 0.1) is 34.1 Å². The zero-order chi connectivity index (χ0) is 20.9. The van der Waals surface area contributed by atoms with Gasteiger partial charge in [-0.05, 0) is 18.2 Å². The molecule has 0 aliphatic rings. The van der Waals surface area contributed by atoms with Crippen molar-refractivity contribution in [3.8, 4) is 23.0 Å². The predicted octanol–water partition coefficient (Wildman–Crippen LogP) is 2.48. The first kappa shape index (κ1) is 21.2. The lowest BCUT2D eigenvalue weighted by atomic mass is 10.2. The summed E-state index contributed by atoms with van der Waals surface area (Å²) in [6.07, 6.45) is 0. The van der Waals surface area contributed by atoms with Crippen molar-refractivity contribution < 1.29 is 32.2 Å². The number of benzene rings is 2. The van der Waals surface area contributed by atoms with Gasteiger partial charge in [-0.2, -0.15) is 0 Å². The summed E-state index contributed by atoms with van der Waals surface area (Å²) in [6.45, 7) is 1.33. The number of hydrogen-bond donors (Lipinski definition) is 2. The minimum absolute atomic E-state index is 0.119. The lowest BCUT2D eigenvalue weighted by molar-refractivity contribution is -0.114. The molecule has 2 rings (SSSR count). The number of rotatable bonds is 8. The Kier molecular flexibility index (Phi) is 6.57. The van der Waals surface area contributed by atoms with E-state index in [4.69, 9.17) is 18.9 Å². The number of amides is 1. The molecule has 10 heteroatoms. The van der Waals surface area contributed by atoms with Crippen molar-refractivity contribution in [2.24, 2.45) is 0 Å². The van der Waals surface area contributed by atoms with Crippen LogP contribution >= 0.6 is 0 Å². The number of sulfonamides is 1. The molecule has 2 aromatic rings. The highest BCUT2D eigenvalue weighted by Gasteiger charge is 2.22. The van der Waals surface area contributed by atoms with Gasteiger partial charge in [-0.3, -0.25) is 9.52 Å². The van der Waals surface area contributed by atoms with Crippen LogP contribution in [0.25, 0.3) is 0 Å². The molecule has 152 valence electrons. The molecule has 0 heterocycles. The van der Waals surface area contributed by atoms with E-state index in [0.717, 1.165) is 0 Å². The van der Waals surface area contributed by atoms with Crippen LogP contribution in [0.1, 0.15) is 6.92 Å². The van der Waals surface area contributed by atoms with E-state index in [0.29, 0.717) is 22.9 Å². The van der Waals surface area contributed by atoms with Crippen molar-refractivity contribution in [2.75, 3.05) is 38.5 Å². The van der Waals surface area contributed by atoms with E-state index in [9.17, 15) is 13.2 Å². The Morgan fingerprint density at radius 1 is 0.821 bits per heavy atom. The molecule has 2 aromatic carbocycles. The fourth-order valence-electron chi connectivity index (χ4n) is 2.52. The molecule has 2 N–H and O–H groups in total. The van der Waals surface area contributed by atoms with E-state index < -0.39 is 10.0 Å². The maximum absolute atomic E-state index is 13.0. The Morgan fingerprint density at radius 3 is 1.86 bits per heavy atom. The molecule has 0 unspecified atom stereocenters. The van der Waals surface area contributed by atoms with E-state index in [2.05, 4.69) is 10.0 Å². The van der Waals surface area contributed by atoms with E-state index in [1.165, 1.54) is 59.6 Å². The fraction of sp³-hybridized carbons (Fsp3) is 0.278. The Labute approximate surface area is 163 Å². The van der Waals surface area contributed by atoms with Gasteiger partial charge in [-0.25, -0.2) is 8.42 Å². The van der Waals surface area contributed by atoms with Crippen LogP contribution in [0.5, 0.6) is 23.0 Å². The van der Waals surface area contributed by atoms with Crippen LogP contribution in [0.15, 0.2) is 35.2 Å². The third kappa shape index (κ3) is 4.58. The SMILES string of the molecule is COc1ccc(NC(C)=O)cc1S(=O)(=O)Nc1cc(OC)c(OC)c(OC)c1. The molecule has 0 aromatic heterocycles. The topological polar surface area (TPSA) is 112 Å². The Morgan fingerprint density at radius 2 is 1.39 bits per heavy atom. The third-order valence-electron chi connectivity index (χ3n) is 3.69. The van der Waals surface area contributed by atoms with Crippen LogP contribution in [0.3, 0.4) is 0 Å². The van der Waals surface area contributed by atoms with Crippen molar-refractivity contribution >= 4 is 27.3 Å². The van der Waals surface area contributed by atoms with Crippen LogP contribution in [-0.4, -0.2) is 42.8 Å². The molecular weight excluding hydrogens is 388 g/mol. The average Bonchev–Trinajstić information content (AvgIpc) is 2.66. The van der Waals surface area contributed by atoms with Gasteiger partial charge in [0.2, 0.25) is 11.7 Å². The number of anilines is 2. The van der Waals surface area contributed by atoms with Crippen LogP contribution < -0.4 is 29.0 Å². The number of carbonyl (C=O) groups is 1. The first-order chi connectivity index (χ1) is 13.2. The second-order valence-corrected chi connectivity index (χ2v) is 7.22. The number of hydrogen-bond acceptors (Lipinski definition) is 7. The summed E-state index contributed by atoms with van der Waals surface area (Å²) in [5.74, 6) is 0.704. The van der Waals surface area contributed by atoms with Crippen LogP contribution in [0.2, 0.25) is 0 Å². The number of carbonyl (C=O) groups excluding carboxylic acids is 1. The molecule has 0 saturated heterocycles. The summed E-state index contributed by atoms with van der Waals surface area (Å²) in [6, 6.07) is 7.22. The monoisotopic (exact) mass is 410 g/mol. The Hall–Kier alpha value is -3.14. The molecule has 0 aliphatic heterocycles. The van der Waals surface area contributed by atoms with E-state index >= 15 is 0 Å². The van der Waals surface area contributed by atoms with E-state index in [1.807, 2.05) is 0 Å². The highest BCUT2D eigenvalue weighted by molar-refractivity contribution is 7.92. The van der Waals surface area contributed by atoms with Gasteiger partial charge in [0, 0.05) is 24.7 Å². The van der Waals surface area contributed by atoms with Crippen molar-refractivity contribution in [1.29, 1.82) is 0 Å². The summed E-state index contributed by atoms with van der Waals surface area (Å²) < 4.78 is 49.2. The van der Waals surface area contributed by atoms with Gasteiger partial charge >= 0.3 is 0 Å². The molecule has 0 fully saturated rings. The van der Waals surface area contributed by atoms with Crippen molar-refractivity contribution in [3.05, 3.63) is 30.3 Å². The molecular formula is C18H22N2O7S.